The van der Waals surface area contributed by atoms with Crippen molar-refractivity contribution in [1.29, 1.82) is 0 Å². The quantitative estimate of drug-likeness (QED) is 0.155. The van der Waals surface area contributed by atoms with E-state index < -0.39 is 5.91 Å². The normalized spacial score (nSPS) is 10.8. The number of hydrogen-bond acceptors (Lipinski definition) is 5. The molecule has 0 aliphatic carbocycles. The molecule has 7 nitrogen and oxygen atoms in total. The Balaban J connectivity index is 1.75. The standard InChI is InChI=1S/C24H23FN4O3S/c1-2-3-4-11-33-15-20-12-21(16-5-8-18(25)9-6-16)22(28-20)24(31)27-14-19-10-7-17(13-26-19)23(30)29-32/h2-10,12-13,28,32H,1,11,14-15H2,(H,27,31)(H,29,30)/b4-3-. The number of hydrogen-bond donors (Lipinski definition) is 4. The van der Waals surface area contributed by atoms with Gasteiger partial charge in [0, 0.05) is 29.0 Å². The predicted molar refractivity (Wildman–Crippen MR) is 126 cm³/mol. The van der Waals surface area contributed by atoms with Crippen LogP contribution in [0.5, 0.6) is 0 Å². The average molecular weight is 467 g/mol. The molecule has 9 heteroatoms. The Morgan fingerprint density at radius 3 is 2.64 bits per heavy atom. The zero-order valence-electron chi connectivity index (χ0n) is 17.7. The van der Waals surface area contributed by atoms with Gasteiger partial charge in [-0.05, 0) is 35.9 Å². The summed E-state index contributed by atoms with van der Waals surface area (Å²) in [6, 6.07) is 10.9. The first-order chi connectivity index (χ1) is 16.0. The first-order valence-corrected chi connectivity index (χ1v) is 11.2. The van der Waals surface area contributed by atoms with Crippen molar-refractivity contribution >= 4 is 23.6 Å². The van der Waals surface area contributed by atoms with Gasteiger partial charge >= 0.3 is 0 Å². The Hall–Kier alpha value is -3.69. The van der Waals surface area contributed by atoms with Crippen LogP contribution in [0, 0.1) is 5.82 Å². The van der Waals surface area contributed by atoms with E-state index in [1.807, 2.05) is 18.2 Å². The third kappa shape index (κ3) is 6.64. The molecule has 0 saturated carbocycles. The number of aromatic nitrogens is 2. The van der Waals surface area contributed by atoms with E-state index >= 15 is 0 Å². The maximum Gasteiger partial charge on any atom is 0.276 e. The van der Waals surface area contributed by atoms with Crippen LogP contribution in [0.15, 0.2) is 73.5 Å². The summed E-state index contributed by atoms with van der Waals surface area (Å²) >= 11 is 1.68. The van der Waals surface area contributed by atoms with Gasteiger partial charge in [-0.3, -0.25) is 19.8 Å². The number of rotatable bonds is 10. The second kappa shape index (κ2) is 11.8. The zero-order valence-corrected chi connectivity index (χ0v) is 18.5. The summed E-state index contributed by atoms with van der Waals surface area (Å²) in [7, 11) is 0. The number of H-pyrrole nitrogens is 1. The van der Waals surface area contributed by atoms with E-state index in [2.05, 4.69) is 21.9 Å². The number of nitrogens with zero attached hydrogens (tertiary/aromatic N) is 1. The number of amides is 2. The number of hydroxylamine groups is 1. The maximum atomic E-state index is 13.4. The summed E-state index contributed by atoms with van der Waals surface area (Å²) in [4.78, 5) is 31.6. The Labute approximate surface area is 194 Å². The van der Waals surface area contributed by atoms with Gasteiger partial charge in [-0.1, -0.05) is 36.9 Å². The third-order valence-electron chi connectivity index (χ3n) is 4.62. The summed E-state index contributed by atoms with van der Waals surface area (Å²) < 4.78 is 13.4. The lowest BCUT2D eigenvalue weighted by Gasteiger charge is -2.07. The van der Waals surface area contributed by atoms with Crippen molar-refractivity contribution in [3.8, 4) is 11.1 Å². The van der Waals surface area contributed by atoms with Crippen LogP contribution < -0.4 is 10.8 Å². The highest BCUT2D eigenvalue weighted by atomic mass is 32.2. The van der Waals surface area contributed by atoms with Gasteiger partial charge < -0.3 is 10.3 Å². The number of pyridine rings is 1. The van der Waals surface area contributed by atoms with E-state index in [0.29, 0.717) is 22.7 Å². The largest absolute Gasteiger partial charge is 0.353 e. The molecule has 3 rings (SSSR count). The molecule has 0 aliphatic rings. The van der Waals surface area contributed by atoms with Gasteiger partial charge in [-0.2, -0.15) is 11.8 Å². The number of thioether (sulfide) groups is 1. The van der Waals surface area contributed by atoms with Crippen LogP contribution in [0.2, 0.25) is 0 Å². The van der Waals surface area contributed by atoms with Gasteiger partial charge in [-0.25, -0.2) is 9.87 Å². The minimum absolute atomic E-state index is 0.137. The van der Waals surface area contributed by atoms with Gasteiger partial charge in [0.1, 0.15) is 11.5 Å². The third-order valence-corrected chi connectivity index (χ3v) is 5.56. The van der Waals surface area contributed by atoms with E-state index in [9.17, 15) is 14.0 Å². The van der Waals surface area contributed by atoms with Crippen molar-refractivity contribution in [3.63, 3.8) is 0 Å². The van der Waals surface area contributed by atoms with Crippen LogP contribution in [-0.2, 0) is 12.3 Å². The molecule has 4 N–H and O–H groups in total. The van der Waals surface area contributed by atoms with E-state index in [-0.39, 0.29) is 23.8 Å². The lowest BCUT2D eigenvalue weighted by molar-refractivity contribution is 0.0705. The first kappa shape index (κ1) is 24.0. The number of benzene rings is 1. The molecule has 0 spiro atoms. The molecule has 0 aliphatic heterocycles. The van der Waals surface area contributed by atoms with E-state index in [0.717, 1.165) is 17.0 Å². The molecule has 0 radical (unpaired) electrons. The monoisotopic (exact) mass is 466 g/mol. The minimum atomic E-state index is -0.668. The molecule has 0 fully saturated rings. The number of allylic oxidation sites excluding steroid dienone is 2. The fourth-order valence-electron chi connectivity index (χ4n) is 3.00. The van der Waals surface area contributed by atoms with Crippen LogP contribution in [0.3, 0.4) is 0 Å². The fourth-order valence-corrected chi connectivity index (χ4v) is 3.74. The van der Waals surface area contributed by atoms with Crippen molar-refractivity contribution in [1.82, 2.24) is 20.8 Å². The number of halogens is 1. The summed E-state index contributed by atoms with van der Waals surface area (Å²) in [5.74, 6) is 0.109. The Bertz CT molecular complexity index is 1140. The molecular formula is C24H23FN4O3S. The second-order valence-corrected chi connectivity index (χ2v) is 7.96. The van der Waals surface area contributed by atoms with Crippen molar-refractivity contribution in [3.05, 3.63) is 102 Å². The number of carbonyl (C=O) groups is 2. The Kier molecular flexibility index (Phi) is 8.56. The van der Waals surface area contributed by atoms with Gasteiger partial charge in [0.25, 0.3) is 11.8 Å². The van der Waals surface area contributed by atoms with Gasteiger partial charge in [-0.15, -0.1) is 0 Å². The van der Waals surface area contributed by atoms with Crippen molar-refractivity contribution < 1.29 is 19.2 Å². The lowest BCUT2D eigenvalue weighted by Crippen LogP contribution is -2.24. The van der Waals surface area contributed by atoms with Crippen LogP contribution in [0.4, 0.5) is 4.39 Å². The molecule has 2 aromatic heterocycles. The van der Waals surface area contributed by atoms with Crippen LogP contribution >= 0.6 is 11.8 Å². The highest BCUT2D eigenvalue weighted by molar-refractivity contribution is 7.98. The summed E-state index contributed by atoms with van der Waals surface area (Å²) in [6.45, 7) is 3.78. The van der Waals surface area contributed by atoms with Crippen LogP contribution in [0.1, 0.15) is 32.2 Å². The minimum Gasteiger partial charge on any atom is -0.353 e. The second-order valence-electron chi connectivity index (χ2n) is 6.93. The molecule has 0 saturated heterocycles. The zero-order chi connectivity index (χ0) is 23.6. The van der Waals surface area contributed by atoms with Crippen molar-refractivity contribution in [2.75, 3.05) is 5.75 Å². The fraction of sp³-hybridized carbons (Fsp3) is 0.125. The SMILES string of the molecule is C=C/C=C\CSCc1cc(-c2ccc(F)cc2)c(C(=O)NCc2ccc(C(=O)NO)cn2)[nH]1. The van der Waals surface area contributed by atoms with Gasteiger partial charge in [0.05, 0.1) is 17.8 Å². The molecule has 2 heterocycles. The molecule has 2 amide bonds. The van der Waals surface area contributed by atoms with E-state index in [1.54, 1.807) is 36.0 Å². The summed E-state index contributed by atoms with van der Waals surface area (Å²) in [5, 5.41) is 11.5. The molecule has 1 aromatic carbocycles. The number of carbonyl (C=O) groups excluding carboxylic acids is 2. The Morgan fingerprint density at radius 1 is 1.18 bits per heavy atom. The van der Waals surface area contributed by atoms with E-state index in [4.69, 9.17) is 5.21 Å². The smallest absolute Gasteiger partial charge is 0.276 e. The van der Waals surface area contributed by atoms with Crippen molar-refractivity contribution in [2.45, 2.75) is 12.3 Å². The van der Waals surface area contributed by atoms with Gasteiger partial charge in [0.15, 0.2) is 0 Å². The summed E-state index contributed by atoms with van der Waals surface area (Å²) in [6.07, 6.45) is 6.90. The number of aromatic amines is 1. The number of nitrogens with one attached hydrogen (secondary N) is 3. The predicted octanol–water partition coefficient (Wildman–Crippen LogP) is 4.24. The Morgan fingerprint density at radius 2 is 1.97 bits per heavy atom. The van der Waals surface area contributed by atoms with E-state index in [1.165, 1.54) is 29.9 Å². The van der Waals surface area contributed by atoms with Crippen molar-refractivity contribution in [2.24, 2.45) is 0 Å². The first-order valence-electron chi connectivity index (χ1n) is 10.0. The molecule has 3 aromatic rings. The molecule has 0 unspecified atom stereocenters. The highest BCUT2D eigenvalue weighted by Crippen LogP contribution is 2.27. The maximum absolute atomic E-state index is 13.4. The molecule has 170 valence electrons. The van der Waals surface area contributed by atoms with Gasteiger partial charge in [0.2, 0.25) is 0 Å². The van der Waals surface area contributed by atoms with Crippen LogP contribution in [-0.4, -0.2) is 32.7 Å². The molecule has 0 atom stereocenters. The van der Waals surface area contributed by atoms with Crippen LogP contribution in [0.25, 0.3) is 11.1 Å². The lowest BCUT2D eigenvalue weighted by atomic mass is 10.1. The molecular weight excluding hydrogens is 443 g/mol. The molecule has 0 bridgehead atoms. The summed E-state index contributed by atoms with van der Waals surface area (Å²) in [5.41, 5.74) is 4.91. The topological polar surface area (TPSA) is 107 Å². The molecule has 33 heavy (non-hydrogen) atoms. The average Bonchev–Trinajstić information content (AvgIpc) is 3.27. The highest BCUT2D eigenvalue weighted by Gasteiger charge is 2.17.